The van der Waals surface area contributed by atoms with Gasteiger partial charge in [0.1, 0.15) is 0 Å². The number of para-hydroxylation sites is 2. The minimum absolute atomic E-state index is 0.947. The minimum Gasteiger partial charge on any atom is -0.345 e. The Bertz CT molecular complexity index is 893. The Hall–Kier alpha value is -3.13. The number of aromatic nitrogens is 2. The Balaban J connectivity index is 0.000000170. The normalized spacial score (nSPS) is 10.1. The van der Waals surface area contributed by atoms with Gasteiger partial charge in [-0.3, -0.25) is 0 Å². The van der Waals surface area contributed by atoms with Crippen LogP contribution >= 0.6 is 0 Å². The zero-order valence-electron chi connectivity index (χ0n) is 14.2. The molecule has 0 atom stereocenters. The minimum atomic E-state index is 0.947. The van der Waals surface area contributed by atoms with Crippen LogP contribution in [-0.2, 0) is 12.8 Å². The van der Waals surface area contributed by atoms with Gasteiger partial charge in [-0.1, -0.05) is 72.8 Å². The predicted molar refractivity (Wildman–Crippen MR) is 106 cm³/mol. The van der Waals surface area contributed by atoms with Gasteiger partial charge in [-0.15, -0.1) is 6.58 Å². The van der Waals surface area contributed by atoms with Crippen LogP contribution in [0.3, 0.4) is 0 Å². The van der Waals surface area contributed by atoms with E-state index in [9.17, 15) is 0 Å². The number of imidazole rings is 1. The molecule has 0 aliphatic rings. The molecule has 124 valence electrons. The molecule has 25 heavy (non-hydrogen) atoms. The maximum Gasteiger partial charge on any atom is 0.0931 e. The lowest BCUT2D eigenvalue weighted by molar-refractivity contribution is 1.16. The van der Waals surface area contributed by atoms with Crippen molar-refractivity contribution in [2.75, 3.05) is 0 Å². The molecule has 1 N–H and O–H groups in total. The van der Waals surface area contributed by atoms with Gasteiger partial charge in [-0.2, -0.15) is 0 Å². The first-order valence-corrected chi connectivity index (χ1v) is 8.46. The molecule has 4 rings (SSSR count). The SMILES string of the molecule is C=CCc1cccc(Cc2ccccc2)c1.c1ccc2[nH]cnc2c1. The maximum atomic E-state index is 4.06. The first-order chi connectivity index (χ1) is 12.3. The average molecular weight is 326 g/mol. The quantitative estimate of drug-likeness (QED) is 0.488. The molecule has 0 unspecified atom stereocenters. The molecule has 2 heteroatoms. The van der Waals surface area contributed by atoms with Gasteiger partial charge in [-0.05, 0) is 41.7 Å². The van der Waals surface area contributed by atoms with E-state index in [1.165, 1.54) is 16.7 Å². The van der Waals surface area contributed by atoms with Gasteiger partial charge in [0, 0.05) is 0 Å². The van der Waals surface area contributed by atoms with E-state index >= 15 is 0 Å². The lowest BCUT2D eigenvalue weighted by Gasteiger charge is -2.04. The van der Waals surface area contributed by atoms with Crippen LogP contribution in [0.25, 0.3) is 11.0 Å². The number of aromatic amines is 1. The molecular weight excluding hydrogens is 304 g/mol. The third-order valence-corrected chi connectivity index (χ3v) is 3.95. The van der Waals surface area contributed by atoms with E-state index in [-0.39, 0.29) is 0 Å². The maximum absolute atomic E-state index is 4.06. The number of nitrogens with one attached hydrogen (secondary N) is 1. The summed E-state index contributed by atoms with van der Waals surface area (Å²) in [7, 11) is 0. The Labute approximate surface area is 148 Å². The molecule has 0 aliphatic heterocycles. The summed E-state index contributed by atoms with van der Waals surface area (Å²) in [5.74, 6) is 0. The summed E-state index contributed by atoms with van der Waals surface area (Å²) in [6.07, 6.45) is 5.60. The van der Waals surface area contributed by atoms with E-state index in [1.807, 2.05) is 30.3 Å². The number of nitrogens with zero attached hydrogens (tertiary/aromatic N) is 1. The summed E-state index contributed by atoms with van der Waals surface area (Å²) < 4.78 is 0. The average Bonchev–Trinajstić information content (AvgIpc) is 3.13. The van der Waals surface area contributed by atoms with Gasteiger partial charge in [-0.25, -0.2) is 4.98 Å². The molecule has 0 saturated carbocycles. The Morgan fingerprint density at radius 2 is 1.52 bits per heavy atom. The highest BCUT2D eigenvalue weighted by atomic mass is 14.9. The lowest BCUT2D eigenvalue weighted by atomic mass is 10.0. The van der Waals surface area contributed by atoms with Crippen LogP contribution in [0.4, 0.5) is 0 Å². The molecule has 3 aromatic carbocycles. The number of fused-ring (bicyclic) bond motifs is 1. The summed E-state index contributed by atoms with van der Waals surface area (Å²) in [5, 5.41) is 0. The van der Waals surface area contributed by atoms with E-state index in [4.69, 9.17) is 0 Å². The summed E-state index contributed by atoms with van der Waals surface area (Å²) in [6, 6.07) is 27.2. The Kier molecular flexibility index (Phi) is 5.78. The van der Waals surface area contributed by atoms with E-state index in [0.717, 1.165) is 23.9 Å². The van der Waals surface area contributed by atoms with Crippen molar-refractivity contribution in [3.63, 3.8) is 0 Å². The molecule has 0 fully saturated rings. The highest BCUT2D eigenvalue weighted by Gasteiger charge is 1.96. The summed E-state index contributed by atoms with van der Waals surface area (Å²) in [5.41, 5.74) is 6.18. The van der Waals surface area contributed by atoms with Crippen molar-refractivity contribution >= 4 is 11.0 Å². The van der Waals surface area contributed by atoms with Crippen LogP contribution in [0.2, 0.25) is 0 Å². The largest absolute Gasteiger partial charge is 0.345 e. The van der Waals surface area contributed by atoms with Gasteiger partial charge in [0.05, 0.1) is 17.4 Å². The molecule has 4 aromatic rings. The highest BCUT2D eigenvalue weighted by Crippen LogP contribution is 2.12. The molecule has 0 saturated heterocycles. The first-order valence-electron chi connectivity index (χ1n) is 8.46. The topological polar surface area (TPSA) is 28.7 Å². The fraction of sp³-hybridized carbons (Fsp3) is 0.0870. The van der Waals surface area contributed by atoms with E-state index in [1.54, 1.807) is 6.33 Å². The fourth-order valence-corrected chi connectivity index (χ4v) is 2.74. The van der Waals surface area contributed by atoms with Gasteiger partial charge < -0.3 is 4.98 Å². The molecule has 0 aliphatic carbocycles. The number of benzene rings is 3. The molecule has 1 heterocycles. The first kappa shape index (κ1) is 16.7. The molecule has 0 spiro atoms. The highest BCUT2D eigenvalue weighted by molar-refractivity contribution is 5.73. The van der Waals surface area contributed by atoms with Crippen LogP contribution in [0.5, 0.6) is 0 Å². The van der Waals surface area contributed by atoms with E-state index in [0.29, 0.717) is 0 Å². The van der Waals surface area contributed by atoms with Crippen molar-refractivity contribution < 1.29 is 0 Å². The van der Waals surface area contributed by atoms with Crippen LogP contribution in [0, 0.1) is 0 Å². The van der Waals surface area contributed by atoms with Gasteiger partial charge in [0.25, 0.3) is 0 Å². The number of allylic oxidation sites excluding steroid dienone is 1. The third-order valence-electron chi connectivity index (χ3n) is 3.95. The fourth-order valence-electron chi connectivity index (χ4n) is 2.74. The van der Waals surface area contributed by atoms with Crippen LogP contribution in [0.1, 0.15) is 16.7 Å². The van der Waals surface area contributed by atoms with Crippen molar-refractivity contribution in [2.24, 2.45) is 0 Å². The van der Waals surface area contributed by atoms with Crippen molar-refractivity contribution in [2.45, 2.75) is 12.8 Å². The van der Waals surface area contributed by atoms with Gasteiger partial charge in [0.15, 0.2) is 0 Å². The van der Waals surface area contributed by atoms with Crippen molar-refractivity contribution in [3.8, 4) is 0 Å². The molecule has 2 nitrogen and oxygen atoms in total. The summed E-state index contributed by atoms with van der Waals surface area (Å²) in [4.78, 5) is 7.07. The number of rotatable bonds is 4. The van der Waals surface area contributed by atoms with Crippen molar-refractivity contribution in [3.05, 3.63) is 115 Å². The van der Waals surface area contributed by atoms with Crippen molar-refractivity contribution in [1.82, 2.24) is 9.97 Å². The predicted octanol–water partition coefficient (Wildman–Crippen LogP) is 5.57. The van der Waals surface area contributed by atoms with Crippen LogP contribution in [0.15, 0.2) is 97.8 Å². The van der Waals surface area contributed by atoms with Gasteiger partial charge >= 0.3 is 0 Å². The summed E-state index contributed by atoms with van der Waals surface area (Å²) >= 11 is 0. The smallest absolute Gasteiger partial charge is 0.0931 e. The third kappa shape index (κ3) is 4.92. The second-order valence-electron chi connectivity index (χ2n) is 5.89. The number of H-pyrrole nitrogens is 1. The Morgan fingerprint density at radius 3 is 2.32 bits per heavy atom. The van der Waals surface area contributed by atoms with E-state index < -0.39 is 0 Å². The Morgan fingerprint density at radius 1 is 0.800 bits per heavy atom. The molecular formula is C23H22N2. The van der Waals surface area contributed by atoms with Crippen LogP contribution in [-0.4, -0.2) is 9.97 Å². The number of hydrogen-bond donors (Lipinski definition) is 1. The molecule has 0 bridgehead atoms. The van der Waals surface area contributed by atoms with Gasteiger partial charge in [0.2, 0.25) is 0 Å². The molecule has 0 radical (unpaired) electrons. The van der Waals surface area contributed by atoms with Crippen LogP contribution < -0.4 is 0 Å². The van der Waals surface area contributed by atoms with Crippen molar-refractivity contribution in [1.29, 1.82) is 0 Å². The molecule has 1 aromatic heterocycles. The molecule has 0 amide bonds. The lowest BCUT2D eigenvalue weighted by Crippen LogP contribution is -1.89. The second kappa shape index (κ2) is 8.65. The summed E-state index contributed by atoms with van der Waals surface area (Å²) in [6.45, 7) is 3.77. The standard InChI is InChI=1S/C16H16.C7H6N2/c1-2-7-14-10-6-11-16(12-14)13-15-8-4-3-5-9-15;1-2-4-7-6(3-1)8-5-9-7/h2-6,8-12H,1,7,13H2;1-5H,(H,8,9). The monoisotopic (exact) mass is 326 g/mol. The number of hydrogen-bond acceptors (Lipinski definition) is 1. The second-order valence-corrected chi connectivity index (χ2v) is 5.89. The zero-order valence-corrected chi connectivity index (χ0v) is 14.2. The van der Waals surface area contributed by atoms with E-state index in [2.05, 4.69) is 71.1 Å². The zero-order chi connectivity index (χ0) is 17.3.